The monoisotopic (exact) mass is 311 g/mol. The van der Waals surface area contributed by atoms with Gasteiger partial charge in [-0.15, -0.1) is 0 Å². The van der Waals surface area contributed by atoms with Crippen LogP contribution in [-0.4, -0.2) is 57.7 Å². The minimum absolute atomic E-state index is 0.289. The summed E-state index contributed by atoms with van der Waals surface area (Å²) in [6, 6.07) is 0.526. The van der Waals surface area contributed by atoms with Crippen LogP contribution in [-0.2, 0) is 24.1 Å². The highest BCUT2D eigenvalue weighted by molar-refractivity contribution is 7.80. The lowest BCUT2D eigenvalue weighted by Gasteiger charge is -2.19. The van der Waals surface area contributed by atoms with E-state index in [4.69, 9.17) is 9.29 Å². The molecule has 7 nitrogen and oxygen atoms in total. The van der Waals surface area contributed by atoms with Gasteiger partial charge in [-0.3, -0.25) is 8.74 Å². The summed E-state index contributed by atoms with van der Waals surface area (Å²) in [5.74, 6) is -0.289. The first kappa shape index (κ1) is 21.3. The maximum absolute atomic E-state index is 11.0. The SMILES string of the molecule is C=C(C)C(=O)OCCCC(C)N(C)C.COS(=O)(=O)O. The third kappa shape index (κ3) is 15.1. The third-order valence-corrected chi connectivity index (χ3v) is 2.86. The van der Waals surface area contributed by atoms with Crippen molar-refractivity contribution in [2.45, 2.75) is 32.7 Å². The first-order chi connectivity index (χ1) is 9.01. The minimum atomic E-state index is -4.16. The van der Waals surface area contributed by atoms with E-state index in [-0.39, 0.29) is 5.97 Å². The van der Waals surface area contributed by atoms with Gasteiger partial charge in [0.25, 0.3) is 0 Å². The van der Waals surface area contributed by atoms with Crippen LogP contribution in [0.5, 0.6) is 0 Å². The maximum Gasteiger partial charge on any atom is 0.397 e. The molecule has 0 aromatic carbocycles. The van der Waals surface area contributed by atoms with Gasteiger partial charge in [0.1, 0.15) is 0 Å². The molecular weight excluding hydrogens is 286 g/mol. The van der Waals surface area contributed by atoms with E-state index in [9.17, 15) is 13.2 Å². The Hall–Kier alpha value is -0.960. The Morgan fingerprint density at radius 2 is 1.85 bits per heavy atom. The van der Waals surface area contributed by atoms with Crippen molar-refractivity contribution in [2.24, 2.45) is 0 Å². The lowest BCUT2D eigenvalue weighted by molar-refractivity contribution is -0.139. The fourth-order valence-electron chi connectivity index (χ4n) is 0.925. The first-order valence-electron chi connectivity index (χ1n) is 6.03. The number of esters is 1. The normalized spacial score (nSPS) is 12.3. The van der Waals surface area contributed by atoms with Gasteiger partial charge in [-0.05, 0) is 40.8 Å². The Balaban J connectivity index is 0. The van der Waals surface area contributed by atoms with Crippen molar-refractivity contribution in [2.75, 3.05) is 27.8 Å². The average molecular weight is 311 g/mol. The van der Waals surface area contributed by atoms with Crippen LogP contribution in [0.15, 0.2) is 12.2 Å². The van der Waals surface area contributed by atoms with E-state index in [0.29, 0.717) is 18.2 Å². The van der Waals surface area contributed by atoms with Gasteiger partial charge < -0.3 is 9.64 Å². The Kier molecular flexibility index (Phi) is 11.5. The topological polar surface area (TPSA) is 93.1 Å². The summed E-state index contributed by atoms with van der Waals surface area (Å²) < 4.78 is 34.7. The van der Waals surface area contributed by atoms with Crippen LogP contribution in [0, 0.1) is 0 Å². The molecule has 0 aliphatic heterocycles. The van der Waals surface area contributed by atoms with E-state index >= 15 is 0 Å². The predicted molar refractivity (Wildman–Crippen MR) is 76.7 cm³/mol. The van der Waals surface area contributed by atoms with E-state index < -0.39 is 10.4 Å². The molecule has 0 fully saturated rings. The second kappa shape index (κ2) is 10.8. The molecule has 0 rings (SSSR count). The Morgan fingerprint density at radius 1 is 1.40 bits per heavy atom. The number of ether oxygens (including phenoxy) is 1. The molecule has 0 bridgehead atoms. The van der Waals surface area contributed by atoms with Gasteiger partial charge >= 0.3 is 16.4 Å². The molecule has 0 aromatic heterocycles. The zero-order valence-corrected chi connectivity index (χ0v) is 13.6. The van der Waals surface area contributed by atoms with Crippen LogP contribution < -0.4 is 0 Å². The van der Waals surface area contributed by atoms with Crippen molar-refractivity contribution in [3.63, 3.8) is 0 Å². The summed E-state index contributed by atoms with van der Waals surface area (Å²) in [6.07, 6.45) is 1.94. The molecule has 0 saturated carbocycles. The molecular formula is C12H25NO6S. The fourth-order valence-corrected chi connectivity index (χ4v) is 0.925. The molecule has 8 heteroatoms. The Labute approximate surface area is 121 Å². The largest absolute Gasteiger partial charge is 0.462 e. The van der Waals surface area contributed by atoms with Crippen LogP contribution in [0.1, 0.15) is 26.7 Å². The van der Waals surface area contributed by atoms with Crippen LogP contribution in [0.4, 0.5) is 0 Å². The molecule has 0 saturated heterocycles. The highest BCUT2D eigenvalue weighted by Crippen LogP contribution is 2.03. The third-order valence-electron chi connectivity index (χ3n) is 2.44. The van der Waals surface area contributed by atoms with Crippen LogP contribution >= 0.6 is 0 Å². The number of nitrogens with zero attached hydrogens (tertiary/aromatic N) is 1. The first-order valence-corrected chi connectivity index (χ1v) is 7.39. The molecule has 0 aromatic rings. The van der Waals surface area contributed by atoms with Gasteiger partial charge in [-0.25, -0.2) is 4.79 Å². The summed E-state index contributed by atoms with van der Waals surface area (Å²) in [7, 11) is 0.801. The minimum Gasteiger partial charge on any atom is -0.462 e. The molecule has 1 atom stereocenters. The fraction of sp³-hybridized carbons (Fsp3) is 0.750. The van der Waals surface area contributed by atoms with Crippen LogP contribution in [0.3, 0.4) is 0 Å². The molecule has 0 aliphatic rings. The molecule has 0 aliphatic carbocycles. The number of carbonyl (C=O) groups is 1. The molecule has 0 amide bonds. The van der Waals surface area contributed by atoms with E-state index in [1.54, 1.807) is 6.92 Å². The maximum atomic E-state index is 11.0. The van der Waals surface area contributed by atoms with Gasteiger partial charge in [0.2, 0.25) is 0 Å². The molecule has 0 spiro atoms. The number of rotatable bonds is 7. The number of hydrogen-bond donors (Lipinski definition) is 1. The summed E-state index contributed by atoms with van der Waals surface area (Å²) in [6.45, 7) is 7.82. The second-order valence-corrected chi connectivity index (χ2v) is 5.65. The molecule has 1 N–H and O–H groups in total. The van der Waals surface area contributed by atoms with E-state index in [1.165, 1.54) is 0 Å². The smallest absolute Gasteiger partial charge is 0.397 e. The van der Waals surface area contributed by atoms with Crippen LogP contribution in [0.2, 0.25) is 0 Å². The van der Waals surface area contributed by atoms with E-state index in [2.05, 4.69) is 22.6 Å². The van der Waals surface area contributed by atoms with Crippen molar-refractivity contribution in [3.05, 3.63) is 12.2 Å². The standard InChI is InChI=1S/C11H21NO2.CH4O4S/c1-9(2)11(13)14-8-6-7-10(3)12(4)5;1-5-6(2,3)4/h10H,1,6-8H2,2-5H3;1H3,(H,2,3,4). The van der Waals surface area contributed by atoms with Gasteiger partial charge in [0, 0.05) is 11.6 Å². The Morgan fingerprint density at radius 3 is 2.15 bits per heavy atom. The molecule has 0 radical (unpaired) electrons. The molecule has 120 valence electrons. The predicted octanol–water partition coefficient (Wildman–Crippen LogP) is 1.27. The molecule has 1 unspecified atom stereocenters. The van der Waals surface area contributed by atoms with Crippen molar-refractivity contribution in [3.8, 4) is 0 Å². The molecule has 0 heterocycles. The second-order valence-electron chi connectivity index (χ2n) is 4.47. The lowest BCUT2D eigenvalue weighted by Crippen LogP contribution is -2.24. The molecule has 20 heavy (non-hydrogen) atoms. The van der Waals surface area contributed by atoms with Crippen molar-refractivity contribution in [1.29, 1.82) is 0 Å². The highest BCUT2D eigenvalue weighted by atomic mass is 32.3. The highest BCUT2D eigenvalue weighted by Gasteiger charge is 2.05. The number of carbonyl (C=O) groups excluding carboxylic acids is 1. The van der Waals surface area contributed by atoms with Crippen molar-refractivity contribution < 1.29 is 26.7 Å². The van der Waals surface area contributed by atoms with E-state index in [1.807, 2.05) is 14.1 Å². The van der Waals surface area contributed by atoms with Crippen molar-refractivity contribution >= 4 is 16.4 Å². The van der Waals surface area contributed by atoms with Gasteiger partial charge in [0.15, 0.2) is 0 Å². The zero-order chi connectivity index (χ0) is 16.3. The van der Waals surface area contributed by atoms with Gasteiger partial charge in [-0.2, -0.15) is 8.42 Å². The van der Waals surface area contributed by atoms with Crippen LogP contribution in [0.25, 0.3) is 0 Å². The summed E-state index contributed by atoms with van der Waals surface area (Å²) in [5.41, 5.74) is 0.464. The summed E-state index contributed by atoms with van der Waals surface area (Å²) in [4.78, 5) is 13.1. The quantitative estimate of drug-likeness (QED) is 0.327. The lowest BCUT2D eigenvalue weighted by atomic mass is 10.2. The van der Waals surface area contributed by atoms with Crippen molar-refractivity contribution in [1.82, 2.24) is 4.90 Å². The number of hydrogen-bond acceptors (Lipinski definition) is 6. The average Bonchev–Trinajstić information content (AvgIpc) is 2.33. The van der Waals surface area contributed by atoms with Gasteiger partial charge in [0.05, 0.1) is 13.7 Å². The van der Waals surface area contributed by atoms with E-state index in [0.717, 1.165) is 20.0 Å². The summed E-state index contributed by atoms with van der Waals surface area (Å²) in [5, 5.41) is 0. The zero-order valence-electron chi connectivity index (χ0n) is 12.7. The summed E-state index contributed by atoms with van der Waals surface area (Å²) >= 11 is 0. The van der Waals surface area contributed by atoms with Gasteiger partial charge in [-0.1, -0.05) is 6.58 Å². The Bertz CT molecular complexity index is 391.